The second kappa shape index (κ2) is 5.91. The molecule has 1 aromatic carbocycles. The van der Waals surface area contributed by atoms with Crippen LogP contribution in [-0.4, -0.2) is 6.61 Å². The van der Waals surface area contributed by atoms with E-state index in [2.05, 4.69) is 43.4 Å². The molecular weight excluding hydrogens is 242 g/mol. The lowest BCUT2D eigenvalue weighted by Crippen LogP contribution is -2.00. The lowest BCUT2D eigenvalue weighted by atomic mass is 10.2. The van der Waals surface area contributed by atoms with Gasteiger partial charge in [-0.1, -0.05) is 0 Å². The zero-order chi connectivity index (χ0) is 13.0. The fourth-order valence-corrected chi connectivity index (χ4v) is 2.68. The van der Waals surface area contributed by atoms with Crippen LogP contribution in [0.2, 0.25) is 0 Å². The molecule has 1 N–H and O–H groups in total. The first kappa shape index (κ1) is 13.0. The topological polar surface area (TPSA) is 21.3 Å². The third kappa shape index (κ3) is 3.26. The van der Waals surface area contributed by atoms with E-state index in [-0.39, 0.29) is 0 Å². The van der Waals surface area contributed by atoms with Gasteiger partial charge in [0.1, 0.15) is 5.75 Å². The van der Waals surface area contributed by atoms with Gasteiger partial charge >= 0.3 is 0 Å². The molecule has 0 aliphatic heterocycles. The van der Waals surface area contributed by atoms with Gasteiger partial charge in [-0.25, -0.2) is 0 Å². The standard InChI is InChI=1S/C15H19NOS/c1-4-17-13-6-8-15(11(2)9-13)16-10-14-7-5-12(3)18-14/h5-9,16H,4,10H2,1-3H3. The number of anilines is 1. The number of ether oxygens (including phenoxy) is 1. The van der Waals surface area contributed by atoms with Crippen molar-refractivity contribution in [2.24, 2.45) is 0 Å². The van der Waals surface area contributed by atoms with E-state index in [0.29, 0.717) is 6.61 Å². The van der Waals surface area contributed by atoms with Gasteiger partial charge in [0.05, 0.1) is 6.61 Å². The van der Waals surface area contributed by atoms with Crippen LogP contribution in [0.1, 0.15) is 22.2 Å². The Morgan fingerprint density at radius 1 is 1.17 bits per heavy atom. The van der Waals surface area contributed by atoms with Crippen LogP contribution in [0.3, 0.4) is 0 Å². The molecule has 2 nitrogen and oxygen atoms in total. The van der Waals surface area contributed by atoms with Gasteiger partial charge in [-0.3, -0.25) is 0 Å². The molecule has 0 aliphatic carbocycles. The maximum Gasteiger partial charge on any atom is 0.119 e. The van der Waals surface area contributed by atoms with E-state index in [1.807, 2.05) is 24.3 Å². The van der Waals surface area contributed by atoms with E-state index in [9.17, 15) is 0 Å². The van der Waals surface area contributed by atoms with Crippen molar-refractivity contribution in [3.05, 3.63) is 45.6 Å². The van der Waals surface area contributed by atoms with Crippen LogP contribution in [-0.2, 0) is 6.54 Å². The molecule has 1 heterocycles. The number of hydrogen-bond acceptors (Lipinski definition) is 3. The van der Waals surface area contributed by atoms with E-state index in [4.69, 9.17) is 4.74 Å². The van der Waals surface area contributed by atoms with Crippen LogP contribution in [0.15, 0.2) is 30.3 Å². The highest BCUT2D eigenvalue weighted by Gasteiger charge is 2.02. The third-order valence-electron chi connectivity index (χ3n) is 2.76. The van der Waals surface area contributed by atoms with Crippen molar-refractivity contribution in [2.75, 3.05) is 11.9 Å². The van der Waals surface area contributed by atoms with E-state index in [0.717, 1.165) is 12.3 Å². The molecular formula is C15H19NOS. The second-order valence-electron chi connectivity index (χ2n) is 4.28. The minimum absolute atomic E-state index is 0.709. The average Bonchev–Trinajstić information content (AvgIpc) is 2.74. The van der Waals surface area contributed by atoms with E-state index in [1.54, 1.807) is 0 Å². The van der Waals surface area contributed by atoms with Crippen molar-refractivity contribution in [1.82, 2.24) is 0 Å². The Morgan fingerprint density at radius 3 is 2.61 bits per heavy atom. The largest absolute Gasteiger partial charge is 0.494 e. The minimum Gasteiger partial charge on any atom is -0.494 e. The van der Waals surface area contributed by atoms with Gasteiger partial charge in [-0.05, 0) is 56.7 Å². The van der Waals surface area contributed by atoms with E-state index < -0.39 is 0 Å². The second-order valence-corrected chi connectivity index (χ2v) is 5.65. The summed E-state index contributed by atoms with van der Waals surface area (Å²) in [5.41, 5.74) is 2.39. The summed E-state index contributed by atoms with van der Waals surface area (Å²) in [4.78, 5) is 2.72. The lowest BCUT2D eigenvalue weighted by molar-refractivity contribution is 0.340. The molecule has 2 aromatic rings. The van der Waals surface area contributed by atoms with Crippen LogP contribution in [0.4, 0.5) is 5.69 Å². The quantitative estimate of drug-likeness (QED) is 0.862. The Kier molecular flexibility index (Phi) is 4.26. The molecule has 18 heavy (non-hydrogen) atoms. The predicted molar refractivity (Wildman–Crippen MR) is 78.7 cm³/mol. The van der Waals surface area contributed by atoms with Crippen LogP contribution in [0.5, 0.6) is 5.75 Å². The maximum absolute atomic E-state index is 5.48. The summed E-state index contributed by atoms with van der Waals surface area (Å²) >= 11 is 1.84. The summed E-state index contributed by atoms with van der Waals surface area (Å²) in [6, 6.07) is 10.5. The van der Waals surface area contributed by atoms with Crippen molar-refractivity contribution in [2.45, 2.75) is 27.3 Å². The van der Waals surface area contributed by atoms with Gasteiger partial charge in [0.25, 0.3) is 0 Å². The predicted octanol–water partition coefficient (Wildman–Crippen LogP) is 4.38. The molecule has 3 heteroatoms. The summed E-state index contributed by atoms with van der Waals surface area (Å²) in [7, 11) is 0. The number of rotatable bonds is 5. The molecule has 1 aromatic heterocycles. The number of benzene rings is 1. The van der Waals surface area contributed by atoms with Crippen LogP contribution < -0.4 is 10.1 Å². The molecule has 2 rings (SSSR count). The zero-order valence-electron chi connectivity index (χ0n) is 11.1. The highest BCUT2D eigenvalue weighted by atomic mass is 32.1. The Bertz CT molecular complexity index is 519. The first-order valence-corrected chi connectivity index (χ1v) is 7.03. The number of aryl methyl sites for hydroxylation is 2. The van der Waals surface area contributed by atoms with Gasteiger partial charge in [0, 0.05) is 22.0 Å². The molecule has 0 spiro atoms. The maximum atomic E-state index is 5.48. The molecule has 0 saturated carbocycles. The fraction of sp³-hybridized carbons (Fsp3) is 0.333. The van der Waals surface area contributed by atoms with Crippen LogP contribution in [0.25, 0.3) is 0 Å². The van der Waals surface area contributed by atoms with Gasteiger partial charge in [-0.15, -0.1) is 11.3 Å². The van der Waals surface area contributed by atoms with E-state index >= 15 is 0 Å². The Hall–Kier alpha value is -1.48. The summed E-state index contributed by atoms with van der Waals surface area (Å²) in [5.74, 6) is 0.938. The Balaban J connectivity index is 2.01. The molecule has 0 amide bonds. The first-order chi connectivity index (χ1) is 8.69. The van der Waals surface area contributed by atoms with Crippen molar-refractivity contribution in [3.8, 4) is 5.75 Å². The molecule has 0 saturated heterocycles. The van der Waals surface area contributed by atoms with Gasteiger partial charge in [0.2, 0.25) is 0 Å². The average molecular weight is 261 g/mol. The summed E-state index contributed by atoms with van der Waals surface area (Å²) < 4.78 is 5.48. The SMILES string of the molecule is CCOc1ccc(NCc2ccc(C)s2)c(C)c1. The molecule has 0 radical (unpaired) electrons. The number of thiophene rings is 1. The third-order valence-corrected chi connectivity index (χ3v) is 3.76. The number of nitrogens with one attached hydrogen (secondary N) is 1. The Morgan fingerprint density at radius 2 is 2.00 bits per heavy atom. The molecule has 0 atom stereocenters. The molecule has 0 fully saturated rings. The van der Waals surface area contributed by atoms with Gasteiger partial charge in [-0.2, -0.15) is 0 Å². The van der Waals surface area contributed by atoms with Crippen LogP contribution >= 0.6 is 11.3 Å². The minimum atomic E-state index is 0.709. The summed E-state index contributed by atoms with van der Waals surface area (Å²) in [6.45, 7) is 7.83. The van der Waals surface area contributed by atoms with Crippen molar-refractivity contribution in [3.63, 3.8) is 0 Å². The highest BCUT2D eigenvalue weighted by molar-refractivity contribution is 7.11. The van der Waals surface area contributed by atoms with E-state index in [1.165, 1.54) is 21.0 Å². The Labute approximate surface area is 113 Å². The monoisotopic (exact) mass is 261 g/mol. The summed E-state index contributed by atoms with van der Waals surface area (Å²) in [6.07, 6.45) is 0. The van der Waals surface area contributed by atoms with Crippen molar-refractivity contribution >= 4 is 17.0 Å². The highest BCUT2D eigenvalue weighted by Crippen LogP contribution is 2.23. The fourth-order valence-electron chi connectivity index (χ4n) is 1.85. The first-order valence-electron chi connectivity index (χ1n) is 6.21. The van der Waals surface area contributed by atoms with Crippen molar-refractivity contribution in [1.29, 1.82) is 0 Å². The normalized spacial score (nSPS) is 10.4. The number of hydrogen-bond donors (Lipinski definition) is 1. The van der Waals surface area contributed by atoms with Crippen molar-refractivity contribution < 1.29 is 4.74 Å². The zero-order valence-corrected chi connectivity index (χ0v) is 11.9. The molecule has 0 unspecified atom stereocenters. The lowest BCUT2D eigenvalue weighted by Gasteiger charge is -2.10. The van der Waals surface area contributed by atoms with Gasteiger partial charge in [0.15, 0.2) is 0 Å². The smallest absolute Gasteiger partial charge is 0.119 e. The van der Waals surface area contributed by atoms with Gasteiger partial charge < -0.3 is 10.1 Å². The summed E-state index contributed by atoms with van der Waals surface area (Å²) in [5, 5.41) is 3.47. The van der Waals surface area contributed by atoms with Crippen LogP contribution in [0, 0.1) is 13.8 Å². The molecule has 0 aliphatic rings. The molecule has 0 bridgehead atoms. The molecule has 96 valence electrons.